The van der Waals surface area contributed by atoms with E-state index in [0.29, 0.717) is 42.2 Å². The second kappa shape index (κ2) is 10.3. The summed E-state index contributed by atoms with van der Waals surface area (Å²) in [7, 11) is 1.59. The molecule has 0 saturated heterocycles. The molecule has 190 valence electrons. The van der Waals surface area contributed by atoms with Gasteiger partial charge in [-0.15, -0.1) is 0 Å². The summed E-state index contributed by atoms with van der Waals surface area (Å²) in [6.45, 7) is 10.1. The van der Waals surface area contributed by atoms with Crippen LogP contribution >= 0.6 is 0 Å². The molecule has 0 bridgehead atoms. The molecule has 2 aromatic rings. The van der Waals surface area contributed by atoms with E-state index in [1.54, 1.807) is 7.11 Å². The lowest BCUT2D eigenvalue weighted by Crippen LogP contribution is -2.40. The number of ketones is 1. The maximum absolute atomic E-state index is 13.5. The molecule has 36 heavy (non-hydrogen) atoms. The minimum atomic E-state index is -0.683. The molecule has 1 aliphatic heterocycles. The molecule has 2 aromatic carbocycles. The van der Waals surface area contributed by atoms with Crippen molar-refractivity contribution in [2.75, 3.05) is 7.11 Å². The number of Topliss-reactive ketones (excluding diaryl/α,β-unsaturated/α-hetero) is 1. The zero-order chi connectivity index (χ0) is 26.0. The summed E-state index contributed by atoms with van der Waals surface area (Å²) in [6.07, 6.45) is 0.826. The lowest BCUT2D eigenvalue weighted by atomic mass is 9.67. The predicted octanol–water partition coefficient (Wildman–Crippen LogP) is 6.04. The Morgan fingerprint density at radius 3 is 2.47 bits per heavy atom. The molecule has 4 rings (SSSR count). The van der Waals surface area contributed by atoms with Gasteiger partial charge in [0.1, 0.15) is 12.5 Å². The highest BCUT2D eigenvalue weighted by atomic mass is 16.5. The summed E-state index contributed by atoms with van der Waals surface area (Å²) in [5.41, 5.74) is 3.73. The first-order valence-electron chi connectivity index (χ1n) is 12.5. The van der Waals surface area contributed by atoms with E-state index in [1.807, 2.05) is 69.3 Å². The number of carbonyl (C=O) groups is 2. The maximum Gasteiger partial charge on any atom is 0.315 e. The van der Waals surface area contributed by atoms with Crippen molar-refractivity contribution in [3.63, 3.8) is 0 Å². The first kappa shape index (κ1) is 25.7. The summed E-state index contributed by atoms with van der Waals surface area (Å²) in [4.78, 5) is 31.5. The maximum atomic E-state index is 13.5. The second-order valence-electron chi connectivity index (χ2n) is 10.7. The molecule has 0 radical (unpaired) electrons. The number of carbonyl (C=O) groups excluding carboxylic acids is 2. The summed E-state index contributed by atoms with van der Waals surface area (Å²) in [5, 5.41) is 0. The van der Waals surface area contributed by atoms with Crippen LogP contribution < -0.4 is 9.47 Å². The van der Waals surface area contributed by atoms with Crippen LogP contribution in [0.2, 0.25) is 0 Å². The third-order valence-corrected chi connectivity index (χ3v) is 6.69. The van der Waals surface area contributed by atoms with Gasteiger partial charge >= 0.3 is 5.97 Å². The zero-order valence-electron chi connectivity index (χ0n) is 22.0. The van der Waals surface area contributed by atoms with Crippen LogP contribution in [0.3, 0.4) is 0 Å². The number of methoxy groups -OCH3 is 1. The number of rotatable bonds is 7. The second-order valence-corrected chi connectivity index (χ2v) is 10.7. The Labute approximate surface area is 213 Å². The van der Waals surface area contributed by atoms with Crippen LogP contribution in [-0.2, 0) is 20.9 Å². The molecule has 1 unspecified atom stereocenters. The summed E-state index contributed by atoms with van der Waals surface area (Å²) >= 11 is 0. The molecule has 0 fully saturated rings. The number of ether oxygens (including phenoxy) is 3. The lowest BCUT2D eigenvalue weighted by Gasteiger charge is -2.39. The molecule has 1 aliphatic carbocycles. The third kappa shape index (κ3) is 5.38. The molecule has 0 N–H and O–H groups in total. The highest BCUT2D eigenvalue weighted by Gasteiger charge is 2.46. The third-order valence-electron chi connectivity index (χ3n) is 6.69. The van der Waals surface area contributed by atoms with E-state index >= 15 is 0 Å². The van der Waals surface area contributed by atoms with Gasteiger partial charge in [0.15, 0.2) is 17.3 Å². The van der Waals surface area contributed by atoms with Gasteiger partial charge in [-0.3, -0.25) is 14.6 Å². The molecule has 6 nitrogen and oxygen atoms in total. The highest BCUT2D eigenvalue weighted by Crippen LogP contribution is 2.49. The SMILES string of the molecule is COc1cc([C@@H]2C3=C(CC(C)(C)CC3=O)N=C(C)C2C(=O)OC(C)C)ccc1OCc1ccccc1. The summed E-state index contributed by atoms with van der Waals surface area (Å²) in [6, 6.07) is 15.5. The predicted molar refractivity (Wildman–Crippen MR) is 139 cm³/mol. The van der Waals surface area contributed by atoms with Crippen molar-refractivity contribution in [1.29, 1.82) is 0 Å². The van der Waals surface area contributed by atoms with E-state index in [0.717, 1.165) is 16.8 Å². The molecular formula is C30H35NO5. The molecule has 2 atom stereocenters. The number of nitrogens with zero attached hydrogens (tertiary/aromatic N) is 1. The van der Waals surface area contributed by atoms with E-state index in [-0.39, 0.29) is 23.3 Å². The fourth-order valence-corrected chi connectivity index (χ4v) is 5.15. The quantitative estimate of drug-likeness (QED) is 0.443. The Morgan fingerprint density at radius 1 is 1.08 bits per heavy atom. The minimum absolute atomic E-state index is 0.0354. The zero-order valence-corrected chi connectivity index (χ0v) is 22.0. The van der Waals surface area contributed by atoms with Crippen molar-refractivity contribution in [3.05, 3.63) is 70.9 Å². The topological polar surface area (TPSA) is 74.2 Å². The Kier molecular flexibility index (Phi) is 7.34. The van der Waals surface area contributed by atoms with E-state index in [1.165, 1.54) is 0 Å². The van der Waals surface area contributed by atoms with Crippen molar-refractivity contribution in [1.82, 2.24) is 0 Å². The van der Waals surface area contributed by atoms with Gasteiger partial charge in [0, 0.05) is 29.3 Å². The summed E-state index contributed by atoms with van der Waals surface area (Å²) < 4.78 is 17.3. The Morgan fingerprint density at radius 2 is 1.81 bits per heavy atom. The number of hydrogen-bond donors (Lipinski definition) is 0. The number of hydrogen-bond acceptors (Lipinski definition) is 6. The van der Waals surface area contributed by atoms with Crippen LogP contribution in [-0.4, -0.2) is 30.7 Å². The molecule has 6 heteroatoms. The molecule has 1 heterocycles. The van der Waals surface area contributed by atoms with Gasteiger partial charge in [-0.1, -0.05) is 50.2 Å². The van der Waals surface area contributed by atoms with Crippen molar-refractivity contribution >= 4 is 17.5 Å². The van der Waals surface area contributed by atoms with E-state index in [2.05, 4.69) is 13.8 Å². The van der Waals surface area contributed by atoms with Crippen LogP contribution in [0, 0.1) is 11.3 Å². The Hall–Kier alpha value is -3.41. The number of allylic oxidation sites excluding steroid dienone is 2. The fourth-order valence-electron chi connectivity index (χ4n) is 5.15. The summed E-state index contributed by atoms with van der Waals surface area (Å²) in [5.74, 6) is -0.373. The molecule has 2 aliphatic rings. The average Bonchev–Trinajstić information content (AvgIpc) is 2.81. The minimum Gasteiger partial charge on any atom is -0.493 e. The molecular weight excluding hydrogens is 454 g/mol. The first-order valence-corrected chi connectivity index (χ1v) is 12.5. The standard InChI is InChI=1S/C30H35NO5/c1-18(2)36-29(33)26-19(3)31-22-15-30(4,5)16-23(32)28(22)27(26)21-12-13-24(25(14-21)34-6)35-17-20-10-8-7-9-11-20/h7-14,18,26-27H,15-17H2,1-6H3/t26?,27-/m0/s1. The van der Waals surface area contributed by atoms with E-state index in [4.69, 9.17) is 19.2 Å². The number of benzene rings is 2. The van der Waals surface area contributed by atoms with Gasteiger partial charge in [0.2, 0.25) is 0 Å². The van der Waals surface area contributed by atoms with Gasteiger partial charge in [0.25, 0.3) is 0 Å². The van der Waals surface area contributed by atoms with Crippen LogP contribution in [0.15, 0.2) is 64.8 Å². The largest absolute Gasteiger partial charge is 0.493 e. The average molecular weight is 490 g/mol. The van der Waals surface area contributed by atoms with Gasteiger partial charge in [-0.2, -0.15) is 0 Å². The van der Waals surface area contributed by atoms with Crippen LogP contribution in [0.5, 0.6) is 11.5 Å². The highest BCUT2D eigenvalue weighted by molar-refractivity contribution is 6.09. The van der Waals surface area contributed by atoms with E-state index < -0.39 is 11.8 Å². The first-order chi connectivity index (χ1) is 17.1. The molecule has 0 aromatic heterocycles. The molecule has 0 spiro atoms. The Bertz CT molecular complexity index is 1210. The van der Waals surface area contributed by atoms with E-state index in [9.17, 15) is 9.59 Å². The molecule has 0 saturated carbocycles. The van der Waals surface area contributed by atoms with Gasteiger partial charge in [-0.25, -0.2) is 0 Å². The van der Waals surface area contributed by atoms with Crippen LogP contribution in [0.1, 0.15) is 64.5 Å². The van der Waals surface area contributed by atoms with Crippen molar-refractivity contribution in [2.45, 2.75) is 66.1 Å². The van der Waals surface area contributed by atoms with Crippen LogP contribution in [0.25, 0.3) is 0 Å². The van der Waals surface area contributed by atoms with Crippen molar-refractivity contribution < 1.29 is 23.8 Å². The van der Waals surface area contributed by atoms with Gasteiger partial charge < -0.3 is 14.2 Å². The number of aliphatic imine (C=N–C) groups is 1. The number of esters is 1. The van der Waals surface area contributed by atoms with Gasteiger partial charge in [-0.05, 0) is 55.9 Å². The molecule has 0 amide bonds. The monoisotopic (exact) mass is 489 g/mol. The van der Waals surface area contributed by atoms with Crippen molar-refractivity contribution in [3.8, 4) is 11.5 Å². The Balaban J connectivity index is 1.75. The smallest absolute Gasteiger partial charge is 0.315 e. The normalized spacial score (nSPS) is 21.1. The van der Waals surface area contributed by atoms with Gasteiger partial charge in [0.05, 0.1) is 13.2 Å². The van der Waals surface area contributed by atoms with Crippen LogP contribution in [0.4, 0.5) is 0 Å². The lowest BCUT2D eigenvalue weighted by molar-refractivity contribution is -0.150. The fraction of sp³-hybridized carbons (Fsp3) is 0.433. The van der Waals surface area contributed by atoms with Crippen molar-refractivity contribution in [2.24, 2.45) is 16.3 Å².